The molecule has 0 aliphatic carbocycles. The van der Waals surface area contributed by atoms with Gasteiger partial charge >= 0.3 is 0 Å². The van der Waals surface area contributed by atoms with Gasteiger partial charge in [0.2, 0.25) is 0 Å². The molecule has 4 aromatic rings. The lowest BCUT2D eigenvalue weighted by molar-refractivity contribution is 0.590. The van der Waals surface area contributed by atoms with Crippen LogP contribution >= 0.6 is 0 Å². The van der Waals surface area contributed by atoms with Crippen molar-refractivity contribution in [3.63, 3.8) is 0 Å². The molecule has 0 aliphatic rings. The van der Waals surface area contributed by atoms with Gasteiger partial charge in [0.15, 0.2) is 0 Å². The Balaban J connectivity index is 2.15. The van der Waals surface area contributed by atoms with Gasteiger partial charge in [-0.15, -0.1) is 0 Å². The molecule has 3 nitrogen and oxygen atoms in total. The lowest BCUT2D eigenvalue weighted by atomic mass is 9.87. The maximum atomic E-state index is 13.3. The predicted molar refractivity (Wildman–Crippen MR) is 112 cm³/mol. The summed E-state index contributed by atoms with van der Waals surface area (Å²) in [4.78, 5) is 26.6. The van der Waals surface area contributed by atoms with Crippen LogP contribution in [0.25, 0.3) is 27.2 Å². The number of rotatable bonds is 1. The second-order valence-corrected chi connectivity index (χ2v) is 7.83. The van der Waals surface area contributed by atoms with Crippen molar-refractivity contribution in [3.05, 3.63) is 99.1 Å². The summed E-state index contributed by atoms with van der Waals surface area (Å²) in [7, 11) is 0. The molecule has 0 aliphatic heterocycles. The number of nitrogens with zero attached hydrogens (tertiary/aromatic N) is 1. The molecule has 0 N–H and O–H groups in total. The lowest BCUT2D eigenvalue weighted by Crippen LogP contribution is -2.28. The van der Waals surface area contributed by atoms with E-state index in [-0.39, 0.29) is 16.5 Å². The third kappa shape index (κ3) is 2.85. The van der Waals surface area contributed by atoms with Crippen LogP contribution in [0.5, 0.6) is 0 Å². The highest BCUT2D eigenvalue weighted by Crippen LogP contribution is 2.23. The fraction of sp³-hybridized carbons (Fsp3) is 0.167. The summed E-state index contributed by atoms with van der Waals surface area (Å²) in [6.45, 7) is 6.41. The molecule has 0 radical (unpaired) electrons. The summed E-state index contributed by atoms with van der Waals surface area (Å²) >= 11 is 0. The summed E-state index contributed by atoms with van der Waals surface area (Å²) in [6.07, 6.45) is 0. The van der Waals surface area contributed by atoms with E-state index in [1.54, 1.807) is 12.1 Å². The summed E-state index contributed by atoms with van der Waals surface area (Å²) in [6, 6.07) is 22.5. The zero-order valence-electron chi connectivity index (χ0n) is 15.7. The molecule has 0 atom stereocenters. The van der Waals surface area contributed by atoms with Crippen molar-refractivity contribution < 1.29 is 0 Å². The van der Waals surface area contributed by atoms with E-state index in [9.17, 15) is 9.59 Å². The fourth-order valence-corrected chi connectivity index (χ4v) is 3.49. The molecule has 0 amide bonds. The molecular formula is C24H21NO2. The van der Waals surface area contributed by atoms with E-state index in [2.05, 4.69) is 20.8 Å². The van der Waals surface area contributed by atoms with E-state index < -0.39 is 0 Å². The van der Waals surface area contributed by atoms with Crippen LogP contribution < -0.4 is 11.1 Å². The Morgan fingerprint density at radius 3 is 1.41 bits per heavy atom. The van der Waals surface area contributed by atoms with Gasteiger partial charge in [0, 0.05) is 10.8 Å². The number of aromatic nitrogens is 1. The minimum atomic E-state index is -0.296. The second-order valence-electron chi connectivity index (χ2n) is 7.83. The molecule has 0 bridgehead atoms. The first-order chi connectivity index (χ1) is 12.9. The third-order valence-electron chi connectivity index (χ3n) is 5.00. The van der Waals surface area contributed by atoms with E-state index in [4.69, 9.17) is 0 Å². The van der Waals surface area contributed by atoms with E-state index in [1.807, 2.05) is 60.7 Å². The molecule has 0 spiro atoms. The van der Waals surface area contributed by atoms with Gasteiger partial charge in [0.1, 0.15) is 0 Å². The highest BCUT2D eigenvalue weighted by atomic mass is 16.2. The minimum absolute atomic E-state index is 0.00450. The Morgan fingerprint density at radius 2 is 1.00 bits per heavy atom. The summed E-state index contributed by atoms with van der Waals surface area (Å²) in [5.74, 6) is 0. The van der Waals surface area contributed by atoms with Crippen LogP contribution in [0.4, 0.5) is 0 Å². The first-order valence-corrected chi connectivity index (χ1v) is 9.06. The highest BCUT2D eigenvalue weighted by Gasteiger charge is 2.15. The Labute approximate surface area is 157 Å². The number of fused-ring (bicyclic) bond motifs is 3. The Hall–Kier alpha value is -3.20. The third-order valence-corrected chi connectivity index (χ3v) is 5.00. The van der Waals surface area contributed by atoms with Crippen molar-refractivity contribution in [3.8, 4) is 5.69 Å². The van der Waals surface area contributed by atoms with Crippen LogP contribution in [0.15, 0.2) is 82.4 Å². The van der Waals surface area contributed by atoms with Crippen molar-refractivity contribution >= 4 is 21.5 Å². The summed E-state index contributed by atoms with van der Waals surface area (Å²) in [5, 5.41) is 2.66. The highest BCUT2D eigenvalue weighted by molar-refractivity contribution is 6.05. The molecule has 27 heavy (non-hydrogen) atoms. The van der Waals surface area contributed by atoms with Crippen LogP contribution in [0.1, 0.15) is 26.3 Å². The van der Waals surface area contributed by atoms with E-state index in [1.165, 1.54) is 4.57 Å². The van der Waals surface area contributed by atoms with Crippen LogP contribution in [0.2, 0.25) is 0 Å². The molecule has 0 fully saturated rings. The average molecular weight is 355 g/mol. The largest absolute Gasteiger partial charge is 0.268 e. The van der Waals surface area contributed by atoms with Crippen LogP contribution in [0.3, 0.4) is 0 Å². The maximum absolute atomic E-state index is 13.3. The molecule has 4 rings (SSSR count). The van der Waals surface area contributed by atoms with Gasteiger partial charge in [-0.3, -0.25) is 9.59 Å². The van der Waals surface area contributed by atoms with Gasteiger partial charge in [-0.2, -0.15) is 0 Å². The second kappa shape index (κ2) is 6.20. The monoisotopic (exact) mass is 355 g/mol. The van der Waals surface area contributed by atoms with E-state index in [0.717, 1.165) is 16.3 Å². The Bertz CT molecular complexity index is 1200. The first kappa shape index (κ1) is 17.2. The van der Waals surface area contributed by atoms with Crippen molar-refractivity contribution in [1.29, 1.82) is 0 Å². The standard InChI is InChI=1S/C24H21NO2/c1-24(2,3)16-12-14-17(15-13-16)25-22(26)20-10-6-4-8-18(20)19-9-5-7-11-21(19)23(25)27/h4-15H,1-3H3. The number of hydrogen-bond donors (Lipinski definition) is 0. The molecule has 0 saturated heterocycles. The molecule has 134 valence electrons. The molecule has 1 heterocycles. The first-order valence-electron chi connectivity index (χ1n) is 9.06. The number of benzene rings is 3. The van der Waals surface area contributed by atoms with Crippen molar-refractivity contribution in [1.82, 2.24) is 4.57 Å². The van der Waals surface area contributed by atoms with Crippen LogP contribution in [-0.2, 0) is 5.41 Å². The normalized spacial score (nSPS) is 11.8. The fourth-order valence-electron chi connectivity index (χ4n) is 3.49. The Morgan fingerprint density at radius 1 is 0.593 bits per heavy atom. The van der Waals surface area contributed by atoms with Crippen molar-refractivity contribution in [2.75, 3.05) is 0 Å². The zero-order valence-corrected chi connectivity index (χ0v) is 15.7. The molecule has 0 unspecified atom stereocenters. The van der Waals surface area contributed by atoms with E-state index >= 15 is 0 Å². The van der Waals surface area contributed by atoms with Gasteiger partial charge in [0.25, 0.3) is 11.1 Å². The molecule has 0 saturated carbocycles. The summed E-state index contributed by atoms with van der Waals surface area (Å²) < 4.78 is 1.29. The van der Waals surface area contributed by atoms with Crippen LogP contribution in [-0.4, -0.2) is 4.57 Å². The van der Waals surface area contributed by atoms with Crippen molar-refractivity contribution in [2.24, 2.45) is 0 Å². The molecule has 1 aromatic heterocycles. The minimum Gasteiger partial charge on any atom is -0.268 e. The predicted octanol–water partition coefficient (Wildman–Crippen LogP) is 4.80. The van der Waals surface area contributed by atoms with Crippen molar-refractivity contribution in [2.45, 2.75) is 26.2 Å². The van der Waals surface area contributed by atoms with Gasteiger partial charge in [-0.1, -0.05) is 69.3 Å². The topological polar surface area (TPSA) is 39.1 Å². The molecule has 3 aromatic carbocycles. The average Bonchev–Trinajstić information content (AvgIpc) is 2.76. The number of hydrogen-bond acceptors (Lipinski definition) is 2. The van der Waals surface area contributed by atoms with Gasteiger partial charge < -0.3 is 0 Å². The SMILES string of the molecule is CC(C)(C)c1ccc(-n2c(=O)c3ccccc3c3ccccc3c2=O)cc1. The lowest BCUT2D eigenvalue weighted by Gasteiger charge is -2.19. The quantitative estimate of drug-likeness (QED) is 0.492. The zero-order chi connectivity index (χ0) is 19.2. The molecular weight excluding hydrogens is 334 g/mol. The summed E-state index contributed by atoms with van der Waals surface area (Å²) in [5.41, 5.74) is 1.15. The smallest absolute Gasteiger partial charge is 0.265 e. The molecule has 3 heteroatoms. The maximum Gasteiger partial charge on any atom is 0.265 e. The Kier molecular flexibility index (Phi) is 3.96. The van der Waals surface area contributed by atoms with Gasteiger partial charge in [-0.05, 0) is 46.0 Å². The van der Waals surface area contributed by atoms with Crippen LogP contribution in [0, 0.1) is 0 Å². The van der Waals surface area contributed by atoms with Gasteiger partial charge in [0.05, 0.1) is 5.69 Å². The van der Waals surface area contributed by atoms with Gasteiger partial charge in [-0.25, -0.2) is 4.57 Å². The van der Waals surface area contributed by atoms with E-state index in [0.29, 0.717) is 16.5 Å².